The van der Waals surface area contributed by atoms with Gasteiger partial charge in [0.15, 0.2) is 5.76 Å². The molecule has 8 nitrogen and oxygen atoms in total. The van der Waals surface area contributed by atoms with E-state index in [0.717, 1.165) is 0 Å². The van der Waals surface area contributed by atoms with Crippen LogP contribution in [-0.4, -0.2) is 23.0 Å². The van der Waals surface area contributed by atoms with Crippen LogP contribution in [-0.2, 0) is 0 Å². The van der Waals surface area contributed by atoms with Gasteiger partial charge in [-0.1, -0.05) is 18.2 Å². The minimum atomic E-state index is -0.746. The SMILES string of the molecule is COc1ccc(OC(=O)c2cc(-c3ccco3)nc3ccccc23)c([N+](=O)[O-])c1. The van der Waals surface area contributed by atoms with E-state index in [1.165, 1.54) is 31.6 Å². The van der Waals surface area contributed by atoms with Gasteiger partial charge in [-0.15, -0.1) is 0 Å². The Labute approximate surface area is 164 Å². The van der Waals surface area contributed by atoms with Crippen LogP contribution in [0.5, 0.6) is 11.5 Å². The van der Waals surface area contributed by atoms with Gasteiger partial charge in [-0.3, -0.25) is 10.1 Å². The van der Waals surface area contributed by atoms with Crippen molar-refractivity contribution in [3.8, 4) is 23.0 Å². The van der Waals surface area contributed by atoms with Crippen LogP contribution < -0.4 is 9.47 Å². The quantitative estimate of drug-likeness (QED) is 0.212. The molecule has 0 aliphatic carbocycles. The Morgan fingerprint density at radius 1 is 1.10 bits per heavy atom. The van der Waals surface area contributed by atoms with Gasteiger partial charge in [0.1, 0.15) is 11.4 Å². The maximum atomic E-state index is 12.9. The first-order valence-corrected chi connectivity index (χ1v) is 8.55. The maximum Gasteiger partial charge on any atom is 0.344 e. The number of benzene rings is 2. The number of furan rings is 1. The minimum Gasteiger partial charge on any atom is -0.496 e. The number of hydrogen-bond acceptors (Lipinski definition) is 7. The van der Waals surface area contributed by atoms with Gasteiger partial charge in [-0.2, -0.15) is 0 Å². The number of nitro groups is 1. The van der Waals surface area contributed by atoms with Gasteiger partial charge in [0.25, 0.3) is 0 Å². The number of pyridine rings is 1. The van der Waals surface area contributed by atoms with E-state index in [1.54, 1.807) is 42.5 Å². The standard InChI is InChI=1S/C21H14N2O6/c1-27-13-8-9-20(18(11-13)23(25)26)29-21(24)15-12-17(19-7-4-10-28-19)22-16-6-3-2-5-14(15)16/h2-12H,1H3. The fourth-order valence-corrected chi connectivity index (χ4v) is 2.90. The highest BCUT2D eigenvalue weighted by Crippen LogP contribution is 2.33. The first-order chi connectivity index (χ1) is 14.1. The minimum absolute atomic E-state index is 0.179. The number of fused-ring (bicyclic) bond motifs is 1. The maximum absolute atomic E-state index is 12.9. The summed E-state index contributed by atoms with van der Waals surface area (Å²) in [5, 5.41) is 11.9. The Morgan fingerprint density at radius 3 is 2.66 bits per heavy atom. The van der Waals surface area contributed by atoms with Crippen molar-refractivity contribution < 1.29 is 23.6 Å². The number of para-hydroxylation sites is 1. The number of esters is 1. The van der Waals surface area contributed by atoms with Gasteiger partial charge in [-0.05, 0) is 36.4 Å². The van der Waals surface area contributed by atoms with Gasteiger partial charge in [0.05, 0.1) is 35.4 Å². The Morgan fingerprint density at radius 2 is 1.93 bits per heavy atom. The molecule has 4 rings (SSSR count). The Bertz CT molecular complexity index is 1220. The molecule has 0 amide bonds. The van der Waals surface area contributed by atoms with E-state index < -0.39 is 10.9 Å². The largest absolute Gasteiger partial charge is 0.496 e. The van der Waals surface area contributed by atoms with Crippen LogP contribution in [0.1, 0.15) is 10.4 Å². The monoisotopic (exact) mass is 390 g/mol. The average molecular weight is 390 g/mol. The summed E-state index contributed by atoms with van der Waals surface area (Å²) in [6, 6.07) is 16.0. The number of nitro benzene ring substituents is 1. The van der Waals surface area contributed by atoms with E-state index >= 15 is 0 Å². The predicted octanol–water partition coefficient (Wildman–Crippen LogP) is 4.63. The molecular weight excluding hydrogens is 376 g/mol. The molecule has 0 N–H and O–H groups in total. The molecule has 8 heteroatoms. The third-order valence-corrected chi connectivity index (χ3v) is 4.28. The van der Waals surface area contributed by atoms with Crippen LogP contribution in [0.3, 0.4) is 0 Å². The van der Waals surface area contributed by atoms with Crippen LogP contribution in [0.15, 0.2) is 71.3 Å². The number of carbonyl (C=O) groups is 1. The number of carbonyl (C=O) groups excluding carboxylic acids is 1. The molecule has 0 aliphatic heterocycles. The molecule has 0 radical (unpaired) electrons. The molecule has 0 atom stereocenters. The highest BCUT2D eigenvalue weighted by atomic mass is 16.6. The van der Waals surface area contributed by atoms with Crippen molar-refractivity contribution in [1.29, 1.82) is 0 Å². The summed E-state index contributed by atoms with van der Waals surface area (Å²) < 4.78 is 15.8. The lowest BCUT2D eigenvalue weighted by Gasteiger charge is -2.10. The molecule has 0 aliphatic rings. The number of hydrogen-bond donors (Lipinski definition) is 0. The number of aromatic nitrogens is 1. The second kappa shape index (κ2) is 7.43. The topological polar surface area (TPSA) is 105 Å². The first kappa shape index (κ1) is 18.2. The molecule has 2 heterocycles. The van der Waals surface area contributed by atoms with Crippen molar-refractivity contribution in [2.75, 3.05) is 7.11 Å². The second-order valence-corrected chi connectivity index (χ2v) is 6.03. The summed E-state index contributed by atoms with van der Waals surface area (Å²) in [5.74, 6) is -0.155. The van der Waals surface area contributed by atoms with Crippen molar-refractivity contribution >= 4 is 22.6 Å². The first-order valence-electron chi connectivity index (χ1n) is 8.55. The molecule has 29 heavy (non-hydrogen) atoms. The third-order valence-electron chi connectivity index (χ3n) is 4.28. The van der Waals surface area contributed by atoms with E-state index in [4.69, 9.17) is 13.9 Å². The molecule has 0 fully saturated rings. The molecular formula is C21H14N2O6. The van der Waals surface area contributed by atoms with Crippen LogP contribution >= 0.6 is 0 Å². The van der Waals surface area contributed by atoms with Gasteiger partial charge in [0.2, 0.25) is 5.75 Å². The van der Waals surface area contributed by atoms with Gasteiger partial charge in [-0.25, -0.2) is 9.78 Å². The van der Waals surface area contributed by atoms with E-state index in [1.807, 2.05) is 0 Å². The summed E-state index contributed by atoms with van der Waals surface area (Å²) in [6.07, 6.45) is 1.50. The van der Waals surface area contributed by atoms with Crippen molar-refractivity contribution in [2.45, 2.75) is 0 Å². The Hall–Kier alpha value is -4.20. The lowest BCUT2D eigenvalue weighted by molar-refractivity contribution is -0.385. The number of rotatable bonds is 5. The molecule has 2 aromatic carbocycles. The van der Waals surface area contributed by atoms with E-state index in [-0.39, 0.29) is 22.7 Å². The van der Waals surface area contributed by atoms with Crippen molar-refractivity contribution in [3.63, 3.8) is 0 Å². The van der Waals surface area contributed by atoms with Crippen molar-refractivity contribution in [2.24, 2.45) is 0 Å². The van der Waals surface area contributed by atoms with E-state index in [9.17, 15) is 14.9 Å². The fourth-order valence-electron chi connectivity index (χ4n) is 2.90. The highest BCUT2D eigenvalue weighted by molar-refractivity contribution is 6.05. The number of nitrogens with zero attached hydrogens (tertiary/aromatic N) is 2. The van der Waals surface area contributed by atoms with E-state index in [2.05, 4.69) is 4.98 Å². The Balaban J connectivity index is 1.79. The third kappa shape index (κ3) is 3.51. The lowest BCUT2D eigenvalue weighted by Crippen LogP contribution is -2.11. The Kier molecular flexibility index (Phi) is 4.66. The zero-order chi connectivity index (χ0) is 20.4. The van der Waals surface area contributed by atoms with Gasteiger partial charge in [0, 0.05) is 5.39 Å². The molecule has 0 saturated heterocycles. The highest BCUT2D eigenvalue weighted by Gasteiger charge is 2.22. The van der Waals surface area contributed by atoms with Crippen molar-refractivity contribution in [1.82, 2.24) is 4.98 Å². The van der Waals surface area contributed by atoms with Crippen LogP contribution in [0, 0.1) is 10.1 Å². The predicted molar refractivity (Wildman–Crippen MR) is 104 cm³/mol. The molecule has 144 valence electrons. The fraction of sp³-hybridized carbons (Fsp3) is 0.0476. The summed E-state index contributed by atoms with van der Waals surface area (Å²) in [6.45, 7) is 0. The second-order valence-electron chi connectivity index (χ2n) is 6.03. The van der Waals surface area contributed by atoms with Crippen molar-refractivity contribution in [3.05, 3.63) is 82.6 Å². The molecule has 2 aromatic heterocycles. The number of methoxy groups -OCH3 is 1. The number of ether oxygens (including phenoxy) is 2. The summed E-state index contributed by atoms with van der Waals surface area (Å²) in [7, 11) is 1.39. The zero-order valence-corrected chi connectivity index (χ0v) is 15.2. The summed E-state index contributed by atoms with van der Waals surface area (Å²) in [4.78, 5) is 28.2. The zero-order valence-electron chi connectivity index (χ0n) is 15.2. The van der Waals surface area contributed by atoms with Crippen LogP contribution in [0.4, 0.5) is 5.69 Å². The summed E-state index contributed by atoms with van der Waals surface area (Å²) >= 11 is 0. The summed E-state index contributed by atoms with van der Waals surface area (Å²) in [5.41, 5.74) is 0.858. The molecule has 0 unspecified atom stereocenters. The van der Waals surface area contributed by atoms with Gasteiger partial charge >= 0.3 is 11.7 Å². The van der Waals surface area contributed by atoms with Gasteiger partial charge < -0.3 is 13.9 Å². The lowest BCUT2D eigenvalue weighted by atomic mass is 10.1. The van der Waals surface area contributed by atoms with Crippen LogP contribution in [0.2, 0.25) is 0 Å². The molecule has 0 saturated carbocycles. The normalized spacial score (nSPS) is 10.7. The van der Waals surface area contributed by atoms with Crippen LogP contribution in [0.25, 0.3) is 22.4 Å². The molecule has 0 bridgehead atoms. The van der Waals surface area contributed by atoms with E-state index in [0.29, 0.717) is 22.4 Å². The molecule has 0 spiro atoms. The smallest absolute Gasteiger partial charge is 0.344 e. The average Bonchev–Trinajstić information content (AvgIpc) is 3.28. The molecule has 4 aromatic rings.